The number of benzene rings is 1. The van der Waals surface area contributed by atoms with E-state index in [1.807, 2.05) is 0 Å². The summed E-state index contributed by atoms with van der Waals surface area (Å²) >= 11 is 0. The molecule has 0 saturated carbocycles. The van der Waals surface area contributed by atoms with Gasteiger partial charge >= 0.3 is 6.18 Å². The lowest BCUT2D eigenvalue weighted by atomic mass is 9.90. The van der Waals surface area contributed by atoms with Crippen LogP contribution in [-0.2, 0) is 6.18 Å². The lowest BCUT2D eigenvalue weighted by molar-refractivity contribution is -0.136. The predicted octanol–water partition coefficient (Wildman–Crippen LogP) is 5.32. The van der Waals surface area contributed by atoms with Crippen LogP contribution in [0.25, 0.3) is 10.9 Å². The van der Waals surface area contributed by atoms with E-state index in [2.05, 4.69) is 31.1 Å². The van der Waals surface area contributed by atoms with Crippen molar-refractivity contribution in [3.8, 4) is 0 Å². The third-order valence-corrected chi connectivity index (χ3v) is 4.20. The maximum absolute atomic E-state index is 13.2. The molecule has 2 rings (SSSR count). The molecule has 2 aromatic rings. The van der Waals surface area contributed by atoms with Gasteiger partial charge in [0.15, 0.2) is 0 Å². The van der Waals surface area contributed by atoms with E-state index in [-0.39, 0.29) is 16.4 Å². The van der Waals surface area contributed by atoms with Crippen molar-refractivity contribution in [2.45, 2.75) is 58.2 Å². The molecule has 0 atom stereocenters. The Kier molecular flexibility index (Phi) is 5.26. The van der Waals surface area contributed by atoms with Gasteiger partial charge in [-0.3, -0.25) is 4.79 Å². The number of alkyl halides is 3. The molecule has 0 aliphatic rings. The van der Waals surface area contributed by atoms with Crippen LogP contribution in [0.4, 0.5) is 18.9 Å². The number of halogens is 3. The molecule has 0 aliphatic carbocycles. The first-order valence-corrected chi connectivity index (χ1v) is 8.21. The number of hydrogen-bond acceptors (Lipinski definition) is 2. The number of H-pyrrole nitrogens is 1. The highest BCUT2D eigenvalue weighted by Gasteiger charge is 2.33. The molecule has 0 fully saturated rings. The zero-order chi connectivity index (χ0) is 18.0. The first-order valence-electron chi connectivity index (χ1n) is 8.21. The Hall–Kier alpha value is -1.98. The Morgan fingerprint density at radius 2 is 1.71 bits per heavy atom. The third-order valence-electron chi connectivity index (χ3n) is 4.20. The lowest BCUT2D eigenvalue weighted by Gasteiger charge is -2.32. The Bertz CT molecular complexity index is 759. The highest BCUT2D eigenvalue weighted by molar-refractivity contribution is 5.86. The average Bonchev–Trinajstić information content (AvgIpc) is 2.46. The van der Waals surface area contributed by atoms with Crippen molar-refractivity contribution in [3.05, 3.63) is 40.2 Å². The van der Waals surface area contributed by atoms with Crippen molar-refractivity contribution >= 4 is 16.6 Å². The van der Waals surface area contributed by atoms with E-state index in [9.17, 15) is 18.0 Å². The molecule has 0 saturated heterocycles. The van der Waals surface area contributed by atoms with Gasteiger partial charge in [0.05, 0.1) is 5.56 Å². The van der Waals surface area contributed by atoms with Crippen LogP contribution in [0.5, 0.6) is 0 Å². The average molecular weight is 340 g/mol. The monoisotopic (exact) mass is 340 g/mol. The summed E-state index contributed by atoms with van der Waals surface area (Å²) < 4.78 is 39.7. The lowest BCUT2D eigenvalue weighted by Crippen LogP contribution is -2.34. The summed E-state index contributed by atoms with van der Waals surface area (Å²) in [4.78, 5) is 13.9. The summed E-state index contributed by atoms with van der Waals surface area (Å²) in [5.74, 6) is 0. The molecular weight excluding hydrogens is 317 g/mol. The van der Waals surface area contributed by atoms with Crippen LogP contribution < -0.4 is 10.9 Å². The molecule has 1 aromatic carbocycles. The first kappa shape index (κ1) is 18.4. The molecule has 0 spiro atoms. The number of nitrogens with one attached hydrogen (secondary N) is 2. The first-order chi connectivity index (χ1) is 11.2. The summed E-state index contributed by atoms with van der Waals surface area (Å²) in [6.45, 7) is 6.26. The van der Waals surface area contributed by atoms with Crippen LogP contribution in [0, 0.1) is 0 Å². The van der Waals surface area contributed by atoms with Gasteiger partial charge in [-0.25, -0.2) is 0 Å². The third kappa shape index (κ3) is 4.10. The van der Waals surface area contributed by atoms with Crippen LogP contribution in [0.3, 0.4) is 0 Å². The van der Waals surface area contributed by atoms with E-state index in [4.69, 9.17) is 0 Å². The largest absolute Gasteiger partial charge is 0.417 e. The maximum atomic E-state index is 13.2. The molecule has 6 heteroatoms. The summed E-state index contributed by atoms with van der Waals surface area (Å²) in [7, 11) is 0. The summed E-state index contributed by atoms with van der Waals surface area (Å²) in [6, 6.07) is 5.32. The summed E-state index contributed by atoms with van der Waals surface area (Å²) in [6.07, 6.45) is -0.745. The standard InChI is InChI=1S/C18H23F3N2O/c1-4-8-17(3,9-5-2)23-12-6-7-15-13(10-12)14(18(19,20)21)11-16(24)22-15/h6-7,10-11,23H,4-5,8-9H2,1-3H3,(H,22,24). The van der Waals surface area contributed by atoms with Crippen LogP contribution in [0.2, 0.25) is 0 Å². The number of aromatic nitrogens is 1. The van der Waals surface area contributed by atoms with Crippen LogP contribution in [-0.4, -0.2) is 10.5 Å². The number of anilines is 1. The molecule has 0 aliphatic heterocycles. The number of fused-ring (bicyclic) bond motifs is 1. The fourth-order valence-corrected chi connectivity index (χ4v) is 3.27. The Morgan fingerprint density at radius 1 is 1.08 bits per heavy atom. The predicted molar refractivity (Wildman–Crippen MR) is 91.4 cm³/mol. The molecule has 132 valence electrons. The fraction of sp³-hybridized carbons (Fsp3) is 0.500. The van der Waals surface area contributed by atoms with Crippen molar-refractivity contribution in [1.82, 2.24) is 4.98 Å². The SMILES string of the molecule is CCCC(C)(CCC)Nc1ccc2[nH]c(=O)cc(C(F)(F)F)c2c1. The molecule has 2 N–H and O–H groups in total. The highest BCUT2D eigenvalue weighted by Crippen LogP contribution is 2.35. The summed E-state index contributed by atoms with van der Waals surface area (Å²) in [5, 5.41) is 3.39. The minimum absolute atomic E-state index is 0.00227. The van der Waals surface area contributed by atoms with Crippen molar-refractivity contribution in [3.63, 3.8) is 0 Å². The van der Waals surface area contributed by atoms with Gasteiger partial charge in [0.2, 0.25) is 5.56 Å². The van der Waals surface area contributed by atoms with Gasteiger partial charge in [0.1, 0.15) is 0 Å². The molecule has 0 radical (unpaired) electrons. The van der Waals surface area contributed by atoms with Gasteiger partial charge in [0, 0.05) is 28.2 Å². The van der Waals surface area contributed by atoms with Gasteiger partial charge in [-0.2, -0.15) is 13.2 Å². The Labute approximate surface area is 139 Å². The number of aromatic amines is 1. The second-order valence-electron chi connectivity index (χ2n) is 6.49. The van der Waals surface area contributed by atoms with Crippen molar-refractivity contribution < 1.29 is 13.2 Å². The quantitative estimate of drug-likeness (QED) is 0.748. The number of hydrogen-bond donors (Lipinski definition) is 2. The van der Waals surface area contributed by atoms with Gasteiger partial charge < -0.3 is 10.3 Å². The topological polar surface area (TPSA) is 44.9 Å². The second-order valence-corrected chi connectivity index (χ2v) is 6.49. The Morgan fingerprint density at radius 3 is 2.25 bits per heavy atom. The van der Waals surface area contributed by atoms with Gasteiger partial charge in [-0.1, -0.05) is 26.7 Å². The van der Waals surface area contributed by atoms with Crippen LogP contribution >= 0.6 is 0 Å². The maximum Gasteiger partial charge on any atom is 0.417 e. The van der Waals surface area contributed by atoms with Gasteiger partial charge in [-0.05, 0) is 38.0 Å². The van der Waals surface area contributed by atoms with Gasteiger partial charge in [-0.15, -0.1) is 0 Å². The molecule has 3 nitrogen and oxygen atoms in total. The Balaban J connectivity index is 2.50. The van der Waals surface area contributed by atoms with E-state index in [0.29, 0.717) is 11.8 Å². The number of rotatable bonds is 6. The molecule has 0 unspecified atom stereocenters. The molecule has 0 amide bonds. The number of pyridine rings is 1. The van der Waals surface area contributed by atoms with Crippen molar-refractivity contribution in [2.24, 2.45) is 0 Å². The molecule has 24 heavy (non-hydrogen) atoms. The smallest absolute Gasteiger partial charge is 0.380 e. The summed E-state index contributed by atoms with van der Waals surface area (Å²) in [5.41, 5.74) is -1.01. The van der Waals surface area contributed by atoms with E-state index < -0.39 is 17.3 Å². The van der Waals surface area contributed by atoms with Gasteiger partial charge in [0.25, 0.3) is 0 Å². The zero-order valence-electron chi connectivity index (χ0n) is 14.2. The van der Waals surface area contributed by atoms with E-state index in [0.717, 1.165) is 25.7 Å². The van der Waals surface area contributed by atoms with E-state index in [1.54, 1.807) is 6.07 Å². The minimum atomic E-state index is -4.57. The molecule has 1 heterocycles. The zero-order valence-corrected chi connectivity index (χ0v) is 14.2. The van der Waals surface area contributed by atoms with E-state index >= 15 is 0 Å². The normalized spacial score (nSPS) is 12.6. The van der Waals surface area contributed by atoms with Crippen molar-refractivity contribution in [2.75, 3.05) is 5.32 Å². The molecule has 1 aromatic heterocycles. The van der Waals surface area contributed by atoms with E-state index in [1.165, 1.54) is 12.1 Å². The highest BCUT2D eigenvalue weighted by atomic mass is 19.4. The second kappa shape index (κ2) is 6.87. The molecular formula is C18H23F3N2O. The fourth-order valence-electron chi connectivity index (χ4n) is 3.27. The van der Waals surface area contributed by atoms with Crippen LogP contribution in [0.1, 0.15) is 52.0 Å². The van der Waals surface area contributed by atoms with Crippen LogP contribution in [0.15, 0.2) is 29.1 Å². The minimum Gasteiger partial charge on any atom is -0.380 e. The van der Waals surface area contributed by atoms with Crippen molar-refractivity contribution in [1.29, 1.82) is 0 Å². The molecule has 0 bridgehead atoms.